The van der Waals surface area contributed by atoms with Gasteiger partial charge in [-0.1, -0.05) is 11.6 Å². The van der Waals surface area contributed by atoms with Crippen LogP contribution in [-0.2, 0) is 4.74 Å². The number of phenols is 1. The van der Waals surface area contributed by atoms with Gasteiger partial charge in [0.15, 0.2) is 0 Å². The fraction of sp³-hybridized carbons (Fsp3) is 0.462. The Labute approximate surface area is 111 Å². The predicted octanol–water partition coefficient (Wildman–Crippen LogP) is 2.20. The molecule has 0 aliphatic carbocycles. The van der Waals surface area contributed by atoms with E-state index in [-0.39, 0.29) is 17.2 Å². The first kappa shape index (κ1) is 13.2. The molecule has 1 amide bonds. The Kier molecular flexibility index (Phi) is 4.44. The van der Waals surface area contributed by atoms with E-state index in [0.717, 1.165) is 26.1 Å². The second-order valence-electron chi connectivity index (χ2n) is 4.44. The Morgan fingerprint density at radius 2 is 2.39 bits per heavy atom. The van der Waals surface area contributed by atoms with Crippen molar-refractivity contribution in [1.82, 2.24) is 5.32 Å². The van der Waals surface area contributed by atoms with Crippen LogP contribution in [0.1, 0.15) is 23.2 Å². The van der Waals surface area contributed by atoms with Gasteiger partial charge in [0, 0.05) is 24.8 Å². The smallest absolute Gasteiger partial charge is 0.255 e. The van der Waals surface area contributed by atoms with Gasteiger partial charge in [0.1, 0.15) is 5.75 Å². The maximum Gasteiger partial charge on any atom is 0.255 e. The highest BCUT2D eigenvalue weighted by Gasteiger charge is 2.16. The number of hydrogen-bond acceptors (Lipinski definition) is 3. The third-order valence-corrected chi connectivity index (χ3v) is 3.30. The molecule has 1 heterocycles. The summed E-state index contributed by atoms with van der Waals surface area (Å²) in [6.45, 7) is 2.19. The fourth-order valence-electron chi connectivity index (χ4n) is 1.99. The van der Waals surface area contributed by atoms with Crippen molar-refractivity contribution in [1.29, 1.82) is 0 Å². The fourth-order valence-corrected chi connectivity index (χ4v) is 2.16. The summed E-state index contributed by atoms with van der Waals surface area (Å²) >= 11 is 5.71. The van der Waals surface area contributed by atoms with Crippen molar-refractivity contribution >= 4 is 17.5 Å². The number of amides is 1. The van der Waals surface area contributed by atoms with Crippen LogP contribution >= 0.6 is 11.6 Å². The van der Waals surface area contributed by atoms with Crippen LogP contribution in [0.3, 0.4) is 0 Å². The van der Waals surface area contributed by atoms with Gasteiger partial charge in [0.25, 0.3) is 5.91 Å². The van der Waals surface area contributed by atoms with Gasteiger partial charge in [0.05, 0.1) is 5.56 Å². The molecule has 1 aromatic rings. The van der Waals surface area contributed by atoms with Crippen molar-refractivity contribution < 1.29 is 14.6 Å². The number of aromatic hydroxyl groups is 1. The van der Waals surface area contributed by atoms with Crippen LogP contribution < -0.4 is 5.32 Å². The molecule has 4 nitrogen and oxygen atoms in total. The van der Waals surface area contributed by atoms with Crippen LogP contribution in [0.15, 0.2) is 18.2 Å². The summed E-state index contributed by atoms with van der Waals surface area (Å²) in [5.41, 5.74) is 0.252. The SMILES string of the molecule is O=C(NCCC1CCOC1)c1ccc(Cl)cc1O. The second kappa shape index (κ2) is 6.07. The lowest BCUT2D eigenvalue weighted by molar-refractivity contribution is 0.0948. The number of phenolic OH excluding ortho intramolecular Hbond substituents is 1. The molecule has 1 atom stereocenters. The summed E-state index contributed by atoms with van der Waals surface area (Å²) in [5, 5.41) is 12.8. The van der Waals surface area contributed by atoms with Gasteiger partial charge in [-0.05, 0) is 37.0 Å². The summed E-state index contributed by atoms with van der Waals surface area (Å²) in [6.07, 6.45) is 1.96. The Morgan fingerprint density at radius 1 is 1.56 bits per heavy atom. The Bertz CT molecular complexity index is 430. The molecule has 98 valence electrons. The van der Waals surface area contributed by atoms with Gasteiger partial charge in [-0.25, -0.2) is 0 Å². The third kappa shape index (κ3) is 3.37. The molecule has 5 heteroatoms. The van der Waals surface area contributed by atoms with Crippen LogP contribution in [0, 0.1) is 5.92 Å². The Balaban J connectivity index is 1.83. The normalized spacial score (nSPS) is 18.8. The van der Waals surface area contributed by atoms with E-state index >= 15 is 0 Å². The molecule has 1 saturated heterocycles. The van der Waals surface area contributed by atoms with Crippen molar-refractivity contribution in [2.24, 2.45) is 5.92 Å². The quantitative estimate of drug-likeness (QED) is 0.881. The largest absolute Gasteiger partial charge is 0.507 e. The highest BCUT2D eigenvalue weighted by molar-refractivity contribution is 6.30. The average molecular weight is 270 g/mol. The van der Waals surface area contributed by atoms with Gasteiger partial charge in [-0.3, -0.25) is 4.79 Å². The average Bonchev–Trinajstić information content (AvgIpc) is 2.81. The first-order valence-electron chi connectivity index (χ1n) is 6.01. The van der Waals surface area contributed by atoms with E-state index in [2.05, 4.69) is 5.32 Å². The minimum absolute atomic E-state index is 0.0933. The summed E-state index contributed by atoms with van der Waals surface area (Å²) in [4.78, 5) is 11.8. The molecular weight excluding hydrogens is 254 g/mol. The van der Waals surface area contributed by atoms with E-state index in [4.69, 9.17) is 16.3 Å². The van der Waals surface area contributed by atoms with Crippen molar-refractivity contribution in [3.05, 3.63) is 28.8 Å². The molecule has 1 aliphatic heterocycles. The molecule has 1 fully saturated rings. The molecule has 1 aliphatic rings. The van der Waals surface area contributed by atoms with Crippen molar-refractivity contribution in [3.63, 3.8) is 0 Å². The molecule has 0 radical (unpaired) electrons. The van der Waals surface area contributed by atoms with Crippen LogP contribution in [0.2, 0.25) is 5.02 Å². The number of benzene rings is 1. The number of ether oxygens (including phenoxy) is 1. The van der Waals surface area contributed by atoms with Gasteiger partial charge in [-0.2, -0.15) is 0 Å². The number of rotatable bonds is 4. The number of nitrogens with one attached hydrogen (secondary N) is 1. The van der Waals surface area contributed by atoms with Crippen molar-refractivity contribution in [2.45, 2.75) is 12.8 Å². The lowest BCUT2D eigenvalue weighted by Gasteiger charge is -2.09. The molecule has 1 unspecified atom stereocenters. The summed E-state index contributed by atoms with van der Waals surface area (Å²) in [7, 11) is 0. The number of hydrogen-bond donors (Lipinski definition) is 2. The molecule has 0 bridgehead atoms. The van der Waals surface area contributed by atoms with Gasteiger partial charge in [0.2, 0.25) is 0 Å². The molecule has 0 aromatic heterocycles. The highest BCUT2D eigenvalue weighted by Crippen LogP contribution is 2.22. The van der Waals surface area contributed by atoms with E-state index in [1.807, 2.05) is 0 Å². The minimum Gasteiger partial charge on any atom is -0.507 e. The standard InChI is InChI=1S/C13H16ClNO3/c14-10-1-2-11(12(16)7-10)13(17)15-5-3-9-4-6-18-8-9/h1-2,7,9,16H,3-6,8H2,(H,15,17). The summed E-state index contributed by atoms with van der Waals surface area (Å²) in [6, 6.07) is 4.47. The predicted molar refractivity (Wildman–Crippen MR) is 69.0 cm³/mol. The molecule has 0 saturated carbocycles. The lowest BCUT2D eigenvalue weighted by Crippen LogP contribution is -2.26. The van der Waals surface area contributed by atoms with E-state index in [0.29, 0.717) is 17.5 Å². The zero-order valence-electron chi connectivity index (χ0n) is 9.99. The second-order valence-corrected chi connectivity index (χ2v) is 4.87. The van der Waals surface area contributed by atoms with Crippen molar-refractivity contribution in [2.75, 3.05) is 19.8 Å². The zero-order valence-corrected chi connectivity index (χ0v) is 10.7. The number of halogens is 1. The van der Waals surface area contributed by atoms with Crippen LogP contribution in [0.25, 0.3) is 0 Å². The van der Waals surface area contributed by atoms with Crippen molar-refractivity contribution in [3.8, 4) is 5.75 Å². The monoisotopic (exact) mass is 269 g/mol. The molecular formula is C13H16ClNO3. The first-order chi connectivity index (χ1) is 8.66. The van der Waals surface area contributed by atoms with Crippen LogP contribution in [-0.4, -0.2) is 30.8 Å². The topological polar surface area (TPSA) is 58.6 Å². The molecule has 1 aromatic carbocycles. The third-order valence-electron chi connectivity index (χ3n) is 3.07. The summed E-state index contributed by atoms with van der Waals surface area (Å²) < 4.78 is 5.26. The Morgan fingerprint density at radius 3 is 3.06 bits per heavy atom. The summed E-state index contributed by atoms with van der Waals surface area (Å²) in [5.74, 6) is 0.163. The van der Waals surface area contributed by atoms with Crippen LogP contribution in [0.5, 0.6) is 5.75 Å². The lowest BCUT2D eigenvalue weighted by atomic mass is 10.1. The molecule has 2 N–H and O–H groups in total. The highest BCUT2D eigenvalue weighted by atomic mass is 35.5. The maximum absolute atomic E-state index is 11.8. The van der Waals surface area contributed by atoms with Gasteiger partial charge < -0.3 is 15.2 Å². The maximum atomic E-state index is 11.8. The minimum atomic E-state index is -0.275. The number of carbonyl (C=O) groups is 1. The van der Waals surface area contributed by atoms with E-state index in [1.54, 1.807) is 6.07 Å². The van der Waals surface area contributed by atoms with Gasteiger partial charge >= 0.3 is 0 Å². The van der Waals surface area contributed by atoms with Gasteiger partial charge in [-0.15, -0.1) is 0 Å². The van der Waals surface area contributed by atoms with E-state index in [1.165, 1.54) is 12.1 Å². The number of carbonyl (C=O) groups excluding carboxylic acids is 1. The van der Waals surface area contributed by atoms with Crippen LogP contribution in [0.4, 0.5) is 0 Å². The Hall–Kier alpha value is -1.26. The zero-order chi connectivity index (χ0) is 13.0. The molecule has 2 rings (SSSR count). The van der Waals surface area contributed by atoms with E-state index in [9.17, 15) is 9.90 Å². The van der Waals surface area contributed by atoms with E-state index < -0.39 is 0 Å². The molecule has 0 spiro atoms. The first-order valence-corrected chi connectivity index (χ1v) is 6.39. The molecule has 18 heavy (non-hydrogen) atoms.